The molecule has 0 bridgehead atoms. The van der Waals surface area contributed by atoms with Crippen LogP contribution in [0.3, 0.4) is 0 Å². The Morgan fingerprint density at radius 2 is 1.90 bits per heavy atom. The molecule has 1 aliphatic rings. The fraction of sp³-hybridized carbons (Fsp3) is 0.423. The van der Waals surface area contributed by atoms with Gasteiger partial charge in [-0.05, 0) is 50.8 Å². The average molecular weight is 615 g/mol. The summed E-state index contributed by atoms with van der Waals surface area (Å²) in [6.07, 6.45) is 1.45. The molecule has 1 aromatic heterocycles. The van der Waals surface area contributed by atoms with Crippen LogP contribution in [0, 0.1) is 17.6 Å². The minimum absolute atomic E-state index is 0.000200. The lowest BCUT2D eigenvalue weighted by Gasteiger charge is -2.39. The first-order valence-electron chi connectivity index (χ1n) is 12.4. The number of benzene rings is 2. The predicted octanol–water partition coefficient (Wildman–Crippen LogP) is 5.12. The molecule has 216 valence electrons. The molecule has 1 amide bonds. The normalized spacial score (nSPS) is 18.6. The fourth-order valence-electron chi connectivity index (χ4n) is 4.35. The maximum Gasteiger partial charge on any atom is 0.410 e. The van der Waals surface area contributed by atoms with Crippen LogP contribution in [0.2, 0.25) is 5.02 Å². The molecule has 9 nitrogen and oxygen atoms in total. The number of piperidine rings is 1. The Labute approximate surface area is 240 Å². The van der Waals surface area contributed by atoms with Gasteiger partial charge in [-0.2, -0.15) is 12.8 Å². The summed E-state index contributed by atoms with van der Waals surface area (Å²) in [5.74, 6) is -3.10. The molecule has 0 aliphatic carbocycles. The highest BCUT2D eigenvalue weighted by Crippen LogP contribution is 2.35. The summed E-state index contributed by atoms with van der Waals surface area (Å²) in [6.45, 7) is 5.95. The lowest BCUT2D eigenvalue weighted by Crippen LogP contribution is -2.46. The maximum absolute atomic E-state index is 15.0. The van der Waals surface area contributed by atoms with Gasteiger partial charge in [0.25, 0.3) is 10.0 Å². The molecule has 0 spiro atoms. The quantitative estimate of drug-likeness (QED) is 0.382. The first-order valence-corrected chi connectivity index (χ1v) is 15.0. The van der Waals surface area contributed by atoms with Gasteiger partial charge in [-0.1, -0.05) is 23.7 Å². The van der Waals surface area contributed by atoms with E-state index in [1.165, 1.54) is 17.9 Å². The molecule has 0 N–H and O–H groups in total. The topological polar surface area (TPSA) is 103 Å². The van der Waals surface area contributed by atoms with Crippen molar-refractivity contribution in [3.8, 4) is 5.75 Å². The molecule has 2 atom stereocenters. The van der Waals surface area contributed by atoms with E-state index < -0.39 is 44.0 Å². The molecule has 2 aromatic carbocycles. The Bertz CT molecular complexity index is 1550. The number of sulfonamides is 1. The predicted molar refractivity (Wildman–Crippen MR) is 146 cm³/mol. The first kappa shape index (κ1) is 29.9. The van der Waals surface area contributed by atoms with Gasteiger partial charge in [-0.25, -0.2) is 13.6 Å². The molecule has 3 aromatic rings. The highest BCUT2D eigenvalue weighted by Gasteiger charge is 2.35. The summed E-state index contributed by atoms with van der Waals surface area (Å²) < 4.78 is 75.2. The van der Waals surface area contributed by atoms with Crippen molar-refractivity contribution in [1.29, 1.82) is 0 Å². The molecule has 0 radical (unpaired) electrons. The Hall–Kier alpha value is -3.03. The zero-order chi connectivity index (χ0) is 29.2. The van der Waals surface area contributed by atoms with E-state index >= 15 is 4.39 Å². The molecular formula is C26H29ClF2N4O5S2. The smallest absolute Gasteiger partial charge is 0.410 e. The molecule has 0 saturated carbocycles. The Morgan fingerprint density at radius 1 is 1.20 bits per heavy atom. The summed E-state index contributed by atoms with van der Waals surface area (Å²) in [4.78, 5) is 13.4. The summed E-state index contributed by atoms with van der Waals surface area (Å²) in [6, 6.07) is 8.54. The number of carbonyl (C=O) groups excluding carboxylic acids is 1. The summed E-state index contributed by atoms with van der Waals surface area (Å²) >= 11 is 6.85. The number of amides is 1. The van der Waals surface area contributed by atoms with Gasteiger partial charge < -0.3 is 18.9 Å². The largest absolute Gasteiger partial charge is 0.490 e. The SMILES string of the molecule is Cn1cnsc1=NS(=O)(=O)c1cc(F)c(OC[C@@H]2CN(C(=O)OC(C)(C)C)CCC2c2ccc(Cl)cc2)cc1F. The van der Waals surface area contributed by atoms with Gasteiger partial charge in [0.15, 0.2) is 11.6 Å². The maximum atomic E-state index is 15.0. The number of carbonyl (C=O) groups is 1. The molecule has 1 saturated heterocycles. The first-order chi connectivity index (χ1) is 18.7. The number of hydrogen-bond acceptors (Lipinski definition) is 7. The van der Waals surface area contributed by atoms with Crippen LogP contribution in [-0.4, -0.2) is 53.6 Å². The molecule has 4 rings (SSSR count). The van der Waals surface area contributed by atoms with Gasteiger partial charge in [0.1, 0.15) is 22.6 Å². The van der Waals surface area contributed by atoms with Crippen LogP contribution in [0.25, 0.3) is 0 Å². The van der Waals surface area contributed by atoms with Gasteiger partial charge in [0.05, 0.1) is 6.61 Å². The van der Waals surface area contributed by atoms with Crippen molar-refractivity contribution in [3.63, 3.8) is 0 Å². The van der Waals surface area contributed by atoms with Crippen LogP contribution in [0.5, 0.6) is 5.75 Å². The monoisotopic (exact) mass is 614 g/mol. The van der Waals surface area contributed by atoms with Crippen molar-refractivity contribution < 1.29 is 31.5 Å². The second-order valence-electron chi connectivity index (χ2n) is 10.4. The zero-order valence-corrected chi connectivity index (χ0v) is 24.7. The highest BCUT2D eigenvalue weighted by atomic mass is 35.5. The summed E-state index contributed by atoms with van der Waals surface area (Å²) in [5, 5.41) is 0.575. The molecule has 1 unspecified atom stereocenters. The Kier molecular flexibility index (Phi) is 8.86. The lowest BCUT2D eigenvalue weighted by atomic mass is 9.81. The fourth-order valence-corrected chi connectivity index (χ4v) is 6.35. The molecule has 14 heteroatoms. The number of nitrogens with zero attached hydrogens (tertiary/aromatic N) is 4. The van der Waals surface area contributed by atoms with Crippen molar-refractivity contribution in [3.05, 3.63) is 69.7 Å². The minimum Gasteiger partial charge on any atom is -0.490 e. The molecule has 1 aliphatic heterocycles. The number of halogens is 3. The number of hydrogen-bond donors (Lipinski definition) is 0. The standard InChI is InChI=1S/C26H29ClF2N4O5S2/c1-26(2,3)38-25(34)33-10-9-19(16-5-7-18(27)8-6-16)17(13-33)14-37-22-11-21(29)23(12-20(22)28)40(35,36)31-24-32(4)15-30-39-24/h5-8,11-12,15,17,19H,9-10,13-14H2,1-4H3/t17-,19?/m0/s1. The van der Waals surface area contributed by atoms with E-state index in [1.54, 1.807) is 37.8 Å². The second kappa shape index (κ2) is 11.8. The number of aryl methyl sites for hydroxylation is 1. The van der Waals surface area contributed by atoms with E-state index in [0.29, 0.717) is 30.1 Å². The van der Waals surface area contributed by atoms with Crippen LogP contribution in [-0.2, 0) is 21.8 Å². The summed E-state index contributed by atoms with van der Waals surface area (Å²) in [7, 11) is -3.03. The van der Waals surface area contributed by atoms with E-state index in [9.17, 15) is 17.6 Å². The third kappa shape index (κ3) is 7.18. The van der Waals surface area contributed by atoms with E-state index in [4.69, 9.17) is 21.1 Å². The number of rotatable bonds is 6. The van der Waals surface area contributed by atoms with Crippen molar-refractivity contribution in [2.75, 3.05) is 19.7 Å². The van der Waals surface area contributed by atoms with Crippen molar-refractivity contribution >= 4 is 39.2 Å². The van der Waals surface area contributed by atoms with E-state index in [-0.39, 0.29) is 29.8 Å². The van der Waals surface area contributed by atoms with E-state index in [0.717, 1.165) is 17.1 Å². The minimum atomic E-state index is -4.56. The summed E-state index contributed by atoms with van der Waals surface area (Å²) in [5.41, 5.74) is 0.287. The third-order valence-electron chi connectivity index (χ3n) is 6.26. The number of aromatic nitrogens is 2. The van der Waals surface area contributed by atoms with E-state index in [1.807, 2.05) is 12.1 Å². The van der Waals surface area contributed by atoms with Gasteiger partial charge in [0.2, 0.25) is 4.80 Å². The van der Waals surface area contributed by atoms with Gasteiger partial charge in [0, 0.05) is 54.7 Å². The van der Waals surface area contributed by atoms with Crippen molar-refractivity contribution in [2.45, 2.75) is 43.6 Å². The van der Waals surface area contributed by atoms with Gasteiger partial charge in [-0.15, -0.1) is 4.40 Å². The Balaban J connectivity index is 1.57. The molecule has 1 fully saturated rings. The van der Waals surface area contributed by atoms with Gasteiger partial charge in [-0.3, -0.25) is 0 Å². The zero-order valence-electron chi connectivity index (χ0n) is 22.3. The number of likely N-dealkylation sites (tertiary alicyclic amines) is 1. The average Bonchev–Trinajstić information content (AvgIpc) is 3.27. The van der Waals surface area contributed by atoms with Crippen LogP contribution < -0.4 is 9.54 Å². The third-order valence-corrected chi connectivity index (χ3v) is 8.65. The van der Waals surface area contributed by atoms with Crippen LogP contribution >= 0.6 is 23.1 Å². The van der Waals surface area contributed by atoms with Crippen LogP contribution in [0.15, 0.2) is 52.0 Å². The Morgan fingerprint density at radius 3 is 2.52 bits per heavy atom. The number of ether oxygens (including phenoxy) is 2. The van der Waals surface area contributed by atoms with E-state index in [2.05, 4.69) is 8.77 Å². The molecular weight excluding hydrogens is 586 g/mol. The second-order valence-corrected chi connectivity index (χ2v) is 13.2. The molecule has 40 heavy (non-hydrogen) atoms. The van der Waals surface area contributed by atoms with Crippen LogP contribution in [0.1, 0.15) is 38.7 Å². The van der Waals surface area contributed by atoms with Crippen molar-refractivity contribution in [1.82, 2.24) is 13.8 Å². The van der Waals surface area contributed by atoms with Crippen LogP contribution in [0.4, 0.5) is 13.6 Å². The van der Waals surface area contributed by atoms with Gasteiger partial charge >= 0.3 is 6.09 Å². The lowest BCUT2D eigenvalue weighted by molar-refractivity contribution is 0.0110. The molecule has 2 heterocycles. The van der Waals surface area contributed by atoms with Crippen molar-refractivity contribution in [2.24, 2.45) is 17.4 Å². The highest BCUT2D eigenvalue weighted by molar-refractivity contribution is 7.90.